The molecular formula is C55H32O. The fourth-order valence-corrected chi connectivity index (χ4v) is 10.7. The highest BCUT2D eigenvalue weighted by molar-refractivity contribution is 6.15. The van der Waals surface area contributed by atoms with Gasteiger partial charge in [-0.25, -0.2) is 0 Å². The summed E-state index contributed by atoms with van der Waals surface area (Å²) in [6.07, 6.45) is 0. The first-order valence-electron chi connectivity index (χ1n) is 19.5. The molecule has 0 amide bonds. The Morgan fingerprint density at radius 2 is 0.893 bits per heavy atom. The van der Waals surface area contributed by atoms with Gasteiger partial charge in [-0.2, -0.15) is 0 Å². The first-order valence-corrected chi connectivity index (χ1v) is 19.5. The third-order valence-corrected chi connectivity index (χ3v) is 12.9. The summed E-state index contributed by atoms with van der Waals surface area (Å²) in [7, 11) is 0. The summed E-state index contributed by atoms with van der Waals surface area (Å²) in [6.45, 7) is 0. The molecule has 0 bridgehead atoms. The summed E-state index contributed by atoms with van der Waals surface area (Å²) >= 11 is 0. The molecule has 1 spiro atoms. The molecule has 258 valence electrons. The Hall–Kier alpha value is -7.22. The lowest BCUT2D eigenvalue weighted by Gasteiger charge is -2.31. The van der Waals surface area contributed by atoms with Crippen LogP contribution in [-0.2, 0) is 5.41 Å². The van der Waals surface area contributed by atoms with Crippen LogP contribution in [0.15, 0.2) is 194 Å². The van der Waals surface area contributed by atoms with Crippen LogP contribution in [0, 0.1) is 0 Å². The Morgan fingerprint density at radius 3 is 1.77 bits per heavy atom. The minimum absolute atomic E-state index is 0.419. The second-order valence-electron chi connectivity index (χ2n) is 15.5. The minimum atomic E-state index is -0.419. The molecule has 10 aromatic carbocycles. The van der Waals surface area contributed by atoms with E-state index in [1.54, 1.807) is 0 Å². The van der Waals surface area contributed by atoms with Gasteiger partial charge in [-0.1, -0.05) is 176 Å². The summed E-state index contributed by atoms with van der Waals surface area (Å²) in [6, 6.07) is 72.1. The second-order valence-corrected chi connectivity index (χ2v) is 15.5. The Labute approximate surface area is 324 Å². The summed E-state index contributed by atoms with van der Waals surface area (Å²) in [5, 5.41) is 7.45. The van der Waals surface area contributed by atoms with E-state index in [9.17, 15) is 0 Å². The fraction of sp³-hybridized carbons (Fsp3) is 0.0182. The van der Waals surface area contributed by atoms with Crippen LogP contribution < -0.4 is 4.74 Å². The molecule has 1 aliphatic heterocycles. The zero-order chi connectivity index (χ0) is 36.5. The van der Waals surface area contributed by atoms with E-state index in [2.05, 4.69) is 188 Å². The minimum Gasteiger partial charge on any atom is -0.456 e. The maximum Gasteiger partial charge on any atom is 0.135 e. The van der Waals surface area contributed by atoms with E-state index in [1.807, 2.05) is 6.07 Å². The number of hydrogen-bond acceptors (Lipinski definition) is 1. The van der Waals surface area contributed by atoms with Crippen LogP contribution >= 0.6 is 0 Å². The highest BCUT2D eigenvalue weighted by atomic mass is 16.5. The third kappa shape index (κ3) is 3.75. The van der Waals surface area contributed by atoms with E-state index in [0.29, 0.717) is 0 Å². The van der Waals surface area contributed by atoms with Gasteiger partial charge in [0.05, 0.1) is 5.41 Å². The molecule has 1 nitrogen and oxygen atoms in total. The topological polar surface area (TPSA) is 9.23 Å². The van der Waals surface area contributed by atoms with E-state index < -0.39 is 5.41 Å². The van der Waals surface area contributed by atoms with Crippen LogP contribution in [0.2, 0.25) is 0 Å². The van der Waals surface area contributed by atoms with E-state index in [1.165, 1.54) is 105 Å². The van der Waals surface area contributed by atoms with Crippen molar-refractivity contribution < 1.29 is 4.74 Å². The molecule has 1 heterocycles. The Kier molecular flexibility index (Phi) is 5.89. The normalized spacial score (nSPS) is 15.4. The Bertz CT molecular complexity index is 3350. The molecule has 0 fully saturated rings. The highest BCUT2D eigenvalue weighted by Crippen LogP contribution is 2.64. The maximum absolute atomic E-state index is 6.47. The molecule has 1 heteroatoms. The van der Waals surface area contributed by atoms with Crippen LogP contribution in [0.25, 0.3) is 88.0 Å². The van der Waals surface area contributed by atoms with Crippen molar-refractivity contribution in [3.63, 3.8) is 0 Å². The molecule has 1 unspecified atom stereocenters. The molecule has 0 aromatic heterocycles. The Balaban J connectivity index is 1.04. The number of ether oxygens (including phenoxy) is 1. The largest absolute Gasteiger partial charge is 0.456 e. The van der Waals surface area contributed by atoms with Crippen LogP contribution in [0.1, 0.15) is 22.3 Å². The zero-order valence-electron chi connectivity index (χ0n) is 30.4. The number of rotatable bonds is 2. The van der Waals surface area contributed by atoms with Crippen LogP contribution in [-0.4, -0.2) is 0 Å². The molecule has 3 aliphatic rings. The second kappa shape index (κ2) is 10.9. The maximum atomic E-state index is 6.47. The van der Waals surface area contributed by atoms with E-state index in [4.69, 9.17) is 4.74 Å². The van der Waals surface area contributed by atoms with Gasteiger partial charge in [0.2, 0.25) is 0 Å². The van der Waals surface area contributed by atoms with Gasteiger partial charge >= 0.3 is 0 Å². The monoisotopic (exact) mass is 708 g/mol. The molecule has 2 aliphatic carbocycles. The van der Waals surface area contributed by atoms with E-state index >= 15 is 0 Å². The SMILES string of the molecule is c1ccc2c(c1)Oc1ccc(-c3ccc(-c4ccc5c(c4)C4(c6ccccc6-5)c5ccccc5-c5c4ccc4ccccc54)c4ccccc34)c3cccc-2c13. The van der Waals surface area contributed by atoms with Gasteiger partial charge in [0.25, 0.3) is 0 Å². The number of fused-ring (bicyclic) bond motifs is 15. The van der Waals surface area contributed by atoms with Crippen LogP contribution in [0.3, 0.4) is 0 Å². The highest BCUT2D eigenvalue weighted by Gasteiger charge is 2.52. The predicted molar refractivity (Wildman–Crippen MR) is 232 cm³/mol. The van der Waals surface area contributed by atoms with Gasteiger partial charge in [0.1, 0.15) is 11.5 Å². The molecule has 56 heavy (non-hydrogen) atoms. The van der Waals surface area contributed by atoms with Crippen molar-refractivity contribution in [2.45, 2.75) is 5.41 Å². The lowest BCUT2D eigenvalue weighted by molar-refractivity contribution is 0.487. The number of benzene rings is 10. The van der Waals surface area contributed by atoms with Crippen molar-refractivity contribution in [3.05, 3.63) is 216 Å². The molecule has 0 radical (unpaired) electrons. The van der Waals surface area contributed by atoms with E-state index in [0.717, 1.165) is 17.1 Å². The average molecular weight is 709 g/mol. The molecule has 0 saturated carbocycles. The first-order chi connectivity index (χ1) is 27.8. The first kappa shape index (κ1) is 30.1. The van der Waals surface area contributed by atoms with Crippen molar-refractivity contribution in [2.75, 3.05) is 0 Å². The fourth-order valence-electron chi connectivity index (χ4n) is 10.7. The standard InChI is InChI=1S/C55H32O/c1-2-13-36-33(12-1)25-30-49-53(36)46-18-6-9-22-48(46)55(49)47-21-8-5-16-41(47)42-26-24-34(32-50(42)55)35-27-28-39(38-15-4-3-14-37(35)38)40-29-31-52-54-44(40)19-11-20-45(54)43-17-7-10-23-51(43)56-52/h1-32H. The lowest BCUT2D eigenvalue weighted by atomic mass is 9.70. The van der Waals surface area contributed by atoms with Crippen LogP contribution in [0.4, 0.5) is 0 Å². The van der Waals surface area contributed by atoms with Crippen molar-refractivity contribution in [1.29, 1.82) is 0 Å². The quantitative estimate of drug-likeness (QED) is 0.174. The molecule has 0 saturated heterocycles. The van der Waals surface area contributed by atoms with E-state index in [-0.39, 0.29) is 0 Å². The van der Waals surface area contributed by atoms with Gasteiger partial charge in [0.15, 0.2) is 0 Å². The molecule has 0 N–H and O–H groups in total. The molecular weight excluding hydrogens is 677 g/mol. The van der Waals surface area contributed by atoms with Gasteiger partial charge in [-0.05, 0) is 117 Å². The Morgan fingerprint density at radius 1 is 0.304 bits per heavy atom. The summed E-state index contributed by atoms with van der Waals surface area (Å²) in [5.41, 5.74) is 17.6. The number of para-hydroxylation sites is 1. The zero-order valence-corrected chi connectivity index (χ0v) is 30.4. The van der Waals surface area contributed by atoms with Crippen molar-refractivity contribution in [2.24, 2.45) is 0 Å². The van der Waals surface area contributed by atoms with Crippen molar-refractivity contribution >= 4 is 32.3 Å². The third-order valence-electron chi connectivity index (χ3n) is 12.9. The van der Waals surface area contributed by atoms with Gasteiger partial charge in [-0.3, -0.25) is 0 Å². The van der Waals surface area contributed by atoms with Crippen LogP contribution in [0.5, 0.6) is 11.5 Å². The van der Waals surface area contributed by atoms with Gasteiger partial charge in [-0.15, -0.1) is 0 Å². The lowest BCUT2D eigenvalue weighted by Crippen LogP contribution is -2.25. The summed E-state index contributed by atoms with van der Waals surface area (Å²) in [5.74, 6) is 1.82. The van der Waals surface area contributed by atoms with Crippen molar-refractivity contribution in [1.82, 2.24) is 0 Å². The molecule has 13 rings (SSSR count). The number of hydrogen-bond donors (Lipinski definition) is 0. The van der Waals surface area contributed by atoms with Crippen molar-refractivity contribution in [3.8, 4) is 67.1 Å². The molecule has 1 atom stereocenters. The van der Waals surface area contributed by atoms with Gasteiger partial charge in [0, 0.05) is 10.9 Å². The summed E-state index contributed by atoms with van der Waals surface area (Å²) in [4.78, 5) is 0. The van der Waals surface area contributed by atoms with Gasteiger partial charge < -0.3 is 4.74 Å². The smallest absolute Gasteiger partial charge is 0.135 e. The predicted octanol–water partition coefficient (Wildman–Crippen LogP) is 14.6. The summed E-state index contributed by atoms with van der Waals surface area (Å²) < 4.78 is 6.47. The average Bonchev–Trinajstić information content (AvgIpc) is 3.74. The molecule has 10 aromatic rings.